The van der Waals surface area contributed by atoms with Crippen LogP contribution in [0.1, 0.15) is 258 Å². The fraction of sp³-hybridized carbons (Fsp3) is 0.880. The normalized spacial score (nSPS) is 13.4. The number of unbranched alkanes of at least 4 members (excludes halogenated alkanes) is 28. The van der Waals surface area contributed by atoms with Crippen molar-refractivity contribution < 1.29 is 24.5 Å². The van der Waals surface area contributed by atoms with Crippen LogP contribution < -0.4 is 5.32 Å². The molecule has 0 aromatic heterocycles. The maximum atomic E-state index is 13.1. The summed E-state index contributed by atoms with van der Waals surface area (Å²) in [5, 5.41) is 23.7. The largest absolute Gasteiger partial charge is 0.462 e. The summed E-state index contributed by atoms with van der Waals surface area (Å²) in [6.07, 6.45) is 49.7. The zero-order valence-corrected chi connectivity index (χ0v) is 37.5. The topological polar surface area (TPSA) is 95.9 Å². The Morgan fingerprint density at radius 3 is 1.36 bits per heavy atom. The highest BCUT2D eigenvalue weighted by molar-refractivity contribution is 5.77. The SMILES string of the molecule is CCCCCCCC/C=C\C/C=C/CCC(=O)OC(CCCCCCCCCC)CC(=O)NC(CO)C(O)CCCCCCCCCCCCCCCCCC. The van der Waals surface area contributed by atoms with E-state index in [2.05, 4.69) is 44.3 Å². The standard InChI is InChI=1S/C50H95NO5/c1-4-7-10-13-16-19-21-23-24-25-27-28-30-33-36-39-42-48(53)47(45-52)51-49(54)44-46(41-38-35-32-18-15-12-9-6-3)56-50(55)43-40-37-34-31-29-26-22-20-17-14-11-8-5-2/h26,29,34,37,46-48,52-53H,4-25,27-28,30-33,35-36,38-45H2,1-3H3,(H,51,54)/b29-26-,37-34+. The number of rotatable bonds is 44. The molecule has 0 spiro atoms. The highest BCUT2D eigenvalue weighted by Gasteiger charge is 2.24. The molecule has 0 bridgehead atoms. The average Bonchev–Trinajstić information content (AvgIpc) is 3.19. The van der Waals surface area contributed by atoms with Crippen molar-refractivity contribution in [3.8, 4) is 0 Å². The van der Waals surface area contributed by atoms with Crippen LogP contribution in [0.15, 0.2) is 24.3 Å². The summed E-state index contributed by atoms with van der Waals surface area (Å²) in [7, 11) is 0. The summed E-state index contributed by atoms with van der Waals surface area (Å²) < 4.78 is 5.85. The maximum absolute atomic E-state index is 13.1. The van der Waals surface area contributed by atoms with E-state index < -0.39 is 18.2 Å². The molecule has 56 heavy (non-hydrogen) atoms. The van der Waals surface area contributed by atoms with Crippen LogP contribution in [0.5, 0.6) is 0 Å². The van der Waals surface area contributed by atoms with E-state index in [9.17, 15) is 19.8 Å². The quantitative estimate of drug-likeness (QED) is 0.0324. The van der Waals surface area contributed by atoms with Gasteiger partial charge in [0.2, 0.25) is 5.91 Å². The van der Waals surface area contributed by atoms with Gasteiger partial charge < -0.3 is 20.3 Å². The minimum Gasteiger partial charge on any atom is -0.462 e. The second kappa shape index (κ2) is 44.4. The number of amides is 1. The minimum absolute atomic E-state index is 0.0593. The summed E-state index contributed by atoms with van der Waals surface area (Å²) >= 11 is 0. The fourth-order valence-electron chi connectivity index (χ4n) is 7.54. The van der Waals surface area contributed by atoms with Gasteiger partial charge in [0.1, 0.15) is 6.10 Å². The van der Waals surface area contributed by atoms with Gasteiger partial charge in [-0.1, -0.05) is 225 Å². The number of hydrogen-bond acceptors (Lipinski definition) is 5. The van der Waals surface area contributed by atoms with E-state index in [-0.39, 0.29) is 24.9 Å². The van der Waals surface area contributed by atoms with E-state index >= 15 is 0 Å². The van der Waals surface area contributed by atoms with Gasteiger partial charge in [-0.2, -0.15) is 0 Å². The molecule has 0 aliphatic carbocycles. The van der Waals surface area contributed by atoms with E-state index in [4.69, 9.17) is 4.74 Å². The molecule has 0 radical (unpaired) electrons. The fourth-order valence-corrected chi connectivity index (χ4v) is 7.54. The van der Waals surface area contributed by atoms with Gasteiger partial charge in [-0.15, -0.1) is 0 Å². The van der Waals surface area contributed by atoms with Crippen molar-refractivity contribution in [1.29, 1.82) is 0 Å². The monoisotopic (exact) mass is 790 g/mol. The number of aliphatic hydroxyl groups is 2. The van der Waals surface area contributed by atoms with Gasteiger partial charge in [0.15, 0.2) is 0 Å². The Kier molecular flexibility index (Phi) is 43.1. The van der Waals surface area contributed by atoms with Crippen LogP contribution in [0.3, 0.4) is 0 Å². The molecule has 0 saturated carbocycles. The molecule has 0 fully saturated rings. The molecule has 1 amide bonds. The first kappa shape index (κ1) is 54.3. The van der Waals surface area contributed by atoms with Crippen molar-refractivity contribution in [3.05, 3.63) is 24.3 Å². The Bertz CT molecular complexity index is 889. The second-order valence-electron chi connectivity index (χ2n) is 16.9. The Hall–Kier alpha value is -1.66. The van der Waals surface area contributed by atoms with Crippen LogP contribution in [-0.4, -0.2) is 46.9 Å². The van der Waals surface area contributed by atoms with Crippen LogP contribution in [0.25, 0.3) is 0 Å². The lowest BCUT2D eigenvalue weighted by atomic mass is 10.0. The molecule has 3 unspecified atom stereocenters. The van der Waals surface area contributed by atoms with Gasteiger partial charge in [-0.3, -0.25) is 9.59 Å². The molecule has 0 saturated heterocycles. The van der Waals surface area contributed by atoms with Crippen molar-refractivity contribution in [2.45, 2.75) is 277 Å². The third-order valence-corrected chi connectivity index (χ3v) is 11.3. The molecular weight excluding hydrogens is 695 g/mol. The van der Waals surface area contributed by atoms with Crippen LogP contribution in [0, 0.1) is 0 Å². The van der Waals surface area contributed by atoms with E-state index in [1.165, 1.54) is 161 Å². The average molecular weight is 790 g/mol. The summed E-state index contributed by atoms with van der Waals surface area (Å²) in [5.74, 6) is -0.548. The molecule has 0 aromatic carbocycles. The van der Waals surface area contributed by atoms with Gasteiger partial charge in [0.05, 0.1) is 25.2 Å². The highest BCUT2D eigenvalue weighted by atomic mass is 16.5. The zero-order chi connectivity index (χ0) is 41.0. The Labute approximate surface area is 348 Å². The predicted octanol–water partition coefficient (Wildman–Crippen LogP) is 14.3. The first-order valence-electron chi connectivity index (χ1n) is 24.6. The molecule has 0 rings (SSSR count). The maximum Gasteiger partial charge on any atom is 0.306 e. The minimum atomic E-state index is -0.790. The number of carbonyl (C=O) groups excluding carboxylic acids is 2. The van der Waals surface area contributed by atoms with E-state index in [1.54, 1.807) is 0 Å². The van der Waals surface area contributed by atoms with Crippen LogP contribution >= 0.6 is 0 Å². The molecule has 6 heteroatoms. The predicted molar refractivity (Wildman–Crippen MR) is 241 cm³/mol. The van der Waals surface area contributed by atoms with Gasteiger partial charge in [0.25, 0.3) is 0 Å². The van der Waals surface area contributed by atoms with Crippen LogP contribution in [0.4, 0.5) is 0 Å². The van der Waals surface area contributed by atoms with Gasteiger partial charge in [-0.05, 0) is 44.9 Å². The van der Waals surface area contributed by atoms with Crippen LogP contribution in [-0.2, 0) is 14.3 Å². The first-order valence-corrected chi connectivity index (χ1v) is 24.6. The van der Waals surface area contributed by atoms with E-state index in [0.717, 1.165) is 44.9 Å². The lowest BCUT2D eigenvalue weighted by molar-refractivity contribution is -0.150. The number of esters is 1. The van der Waals surface area contributed by atoms with Gasteiger partial charge in [-0.25, -0.2) is 0 Å². The third-order valence-electron chi connectivity index (χ3n) is 11.3. The number of ether oxygens (including phenoxy) is 1. The van der Waals surface area contributed by atoms with E-state index in [1.807, 2.05) is 6.08 Å². The summed E-state index contributed by atoms with van der Waals surface area (Å²) in [6, 6.07) is -0.705. The molecule has 0 heterocycles. The zero-order valence-electron chi connectivity index (χ0n) is 37.5. The molecule has 3 N–H and O–H groups in total. The molecule has 6 nitrogen and oxygen atoms in total. The number of carbonyl (C=O) groups is 2. The van der Waals surface area contributed by atoms with E-state index in [0.29, 0.717) is 25.7 Å². The lowest BCUT2D eigenvalue weighted by Crippen LogP contribution is -2.46. The molecule has 330 valence electrons. The van der Waals surface area contributed by atoms with Crippen molar-refractivity contribution >= 4 is 11.9 Å². The van der Waals surface area contributed by atoms with Crippen molar-refractivity contribution in [1.82, 2.24) is 5.32 Å². The van der Waals surface area contributed by atoms with Crippen LogP contribution in [0.2, 0.25) is 0 Å². The Balaban J connectivity index is 4.45. The summed E-state index contributed by atoms with van der Waals surface area (Å²) in [6.45, 7) is 6.45. The molecule has 0 aliphatic rings. The molecule has 0 aliphatic heterocycles. The molecular formula is C50H95NO5. The third kappa shape index (κ3) is 39.2. The summed E-state index contributed by atoms with van der Waals surface area (Å²) in [4.78, 5) is 25.9. The summed E-state index contributed by atoms with van der Waals surface area (Å²) in [5.41, 5.74) is 0. The van der Waals surface area contributed by atoms with Gasteiger partial charge >= 0.3 is 5.97 Å². The number of nitrogens with one attached hydrogen (secondary N) is 1. The highest BCUT2D eigenvalue weighted by Crippen LogP contribution is 2.17. The van der Waals surface area contributed by atoms with Crippen molar-refractivity contribution in [2.75, 3.05) is 6.61 Å². The van der Waals surface area contributed by atoms with Crippen molar-refractivity contribution in [3.63, 3.8) is 0 Å². The van der Waals surface area contributed by atoms with Gasteiger partial charge in [0, 0.05) is 6.42 Å². The lowest BCUT2D eigenvalue weighted by Gasteiger charge is -2.24. The first-order chi connectivity index (χ1) is 27.5. The second-order valence-corrected chi connectivity index (χ2v) is 16.9. The number of aliphatic hydroxyl groups excluding tert-OH is 2. The molecule has 0 aromatic rings. The Morgan fingerprint density at radius 2 is 0.911 bits per heavy atom. The Morgan fingerprint density at radius 1 is 0.518 bits per heavy atom. The smallest absolute Gasteiger partial charge is 0.306 e. The van der Waals surface area contributed by atoms with Crippen molar-refractivity contribution in [2.24, 2.45) is 0 Å². The molecule has 3 atom stereocenters. The number of hydrogen-bond donors (Lipinski definition) is 3. The number of allylic oxidation sites excluding steroid dienone is 4.